The Labute approximate surface area is 164 Å². The Morgan fingerprint density at radius 1 is 0.840 bits per heavy atom. The van der Waals surface area contributed by atoms with E-state index in [4.69, 9.17) is 23.2 Å². The van der Waals surface area contributed by atoms with Gasteiger partial charge in [-0.3, -0.25) is 4.79 Å². The lowest BCUT2D eigenvalue weighted by molar-refractivity contribution is 0.896. The first-order valence-corrected chi connectivity index (χ1v) is 10.2. The Hall–Kier alpha value is -1.40. The summed E-state index contributed by atoms with van der Waals surface area (Å²) < 4.78 is 0. The molecule has 0 amide bonds. The van der Waals surface area contributed by atoms with Crippen LogP contribution in [0.3, 0.4) is 0 Å². The van der Waals surface area contributed by atoms with E-state index in [1.807, 2.05) is 48.5 Å². The minimum absolute atomic E-state index is 0.167. The van der Waals surface area contributed by atoms with Crippen LogP contribution in [0.4, 0.5) is 0 Å². The molecule has 0 fully saturated rings. The molecule has 3 aromatic rings. The maximum absolute atomic E-state index is 12.2. The van der Waals surface area contributed by atoms with Crippen molar-refractivity contribution in [3.8, 4) is 0 Å². The van der Waals surface area contributed by atoms with Gasteiger partial charge in [-0.2, -0.15) is 5.10 Å². The lowest BCUT2D eigenvalue weighted by atomic mass is 10.2. The van der Waals surface area contributed by atoms with Gasteiger partial charge in [0.2, 0.25) is 0 Å². The van der Waals surface area contributed by atoms with Gasteiger partial charge in [0.1, 0.15) is 0 Å². The van der Waals surface area contributed by atoms with Crippen LogP contribution in [0.5, 0.6) is 0 Å². The molecular formula is C18H14Cl2N2OS2. The highest BCUT2D eigenvalue weighted by atomic mass is 35.5. The Balaban J connectivity index is 1.71. The summed E-state index contributed by atoms with van der Waals surface area (Å²) >= 11 is 14.9. The second kappa shape index (κ2) is 8.81. The molecule has 25 heavy (non-hydrogen) atoms. The van der Waals surface area contributed by atoms with E-state index < -0.39 is 0 Å². The fourth-order valence-electron chi connectivity index (χ4n) is 2.09. The highest BCUT2D eigenvalue weighted by molar-refractivity contribution is 8.01. The molecular weight excluding hydrogens is 395 g/mol. The van der Waals surface area contributed by atoms with Crippen LogP contribution < -0.4 is 5.56 Å². The smallest absolute Gasteiger partial charge is 0.267 e. The summed E-state index contributed by atoms with van der Waals surface area (Å²) in [6.45, 7) is 0. The standard InChI is InChI=1S/C18H14Cl2N2OS2/c19-14-5-1-12(2-6-14)10-24-16-9-21-22-18(23)17(16)25-11-13-3-7-15(20)8-4-13/h1-9H,10-11H2,(H,22,23). The molecule has 3 rings (SSSR count). The fraction of sp³-hybridized carbons (Fsp3) is 0.111. The van der Waals surface area contributed by atoms with Crippen molar-refractivity contribution in [1.29, 1.82) is 0 Å². The largest absolute Gasteiger partial charge is 0.278 e. The number of nitrogens with zero attached hydrogens (tertiary/aromatic N) is 1. The van der Waals surface area contributed by atoms with Crippen molar-refractivity contribution in [3.63, 3.8) is 0 Å². The van der Waals surface area contributed by atoms with E-state index in [2.05, 4.69) is 10.2 Å². The van der Waals surface area contributed by atoms with Crippen molar-refractivity contribution >= 4 is 46.7 Å². The molecule has 0 spiro atoms. The predicted molar refractivity (Wildman–Crippen MR) is 107 cm³/mol. The SMILES string of the molecule is O=c1[nH]ncc(SCc2ccc(Cl)cc2)c1SCc1ccc(Cl)cc1. The van der Waals surface area contributed by atoms with Crippen LogP contribution >= 0.6 is 46.7 Å². The summed E-state index contributed by atoms with van der Waals surface area (Å²) in [7, 11) is 0. The van der Waals surface area contributed by atoms with Crippen LogP contribution in [0, 0.1) is 0 Å². The second-order valence-corrected chi connectivity index (χ2v) is 8.10. The van der Waals surface area contributed by atoms with E-state index in [1.54, 1.807) is 18.0 Å². The number of hydrogen-bond donors (Lipinski definition) is 1. The first-order valence-electron chi connectivity index (χ1n) is 7.44. The molecule has 2 aromatic carbocycles. The van der Waals surface area contributed by atoms with Crippen LogP contribution in [0.2, 0.25) is 10.0 Å². The van der Waals surface area contributed by atoms with Gasteiger partial charge in [-0.25, -0.2) is 5.10 Å². The number of H-pyrrole nitrogens is 1. The third-order valence-corrected chi connectivity index (χ3v) is 6.28. The molecule has 7 heteroatoms. The zero-order valence-electron chi connectivity index (χ0n) is 13.0. The molecule has 0 atom stereocenters. The molecule has 0 radical (unpaired) electrons. The molecule has 0 aliphatic heterocycles. The zero-order valence-corrected chi connectivity index (χ0v) is 16.2. The van der Waals surface area contributed by atoms with E-state index in [0.29, 0.717) is 20.7 Å². The van der Waals surface area contributed by atoms with Crippen molar-refractivity contribution in [3.05, 3.63) is 86.3 Å². The van der Waals surface area contributed by atoms with Gasteiger partial charge >= 0.3 is 0 Å². The van der Waals surface area contributed by atoms with Crippen molar-refractivity contribution in [2.45, 2.75) is 21.3 Å². The number of benzene rings is 2. The summed E-state index contributed by atoms with van der Waals surface area (Å²) in [6, 6.07) is 15.3. The lowest BCUT2D eigenvalue weighted by Gasteiger charge is -2.08. The van der Waals surface area contributed by atoms with Crippen molar-refractivity contribution in [2.75, 3.05) is 0 Å². The number of halogens is 2. The number of aromatic nitrogens is 2. The first kappa shape index (κ1) is 18.4. The van der Waals surface area contributed by atoms with Crippen molar-refractivity contribution < 1.29 is 0 Å². The summed E-state index contributed by atoms with van der Waals surface area (Å²) in [4.78, 5) is 13.7. The van der Waals surface area contributed by atoms with E-state index >= 15 is 0 Å². The van der Waals surface area contributed by atoms with Gasteiger partial charge < -0.3 is 0 Å². The van der Waals surface area contributed by atoms with Crippen LogP contribution in [0.25, 0.3) is 0 Å². The summed E-state index contributed by atoms with van der Waals surface area (Å²) in [6.07, 6.45) is 1.70. The first-order chi connectivity index (χ1) is 12.1. The van der Waals surface area contributed by atoms with E-state index in [0.717, 1.165) is 21.8 Å². The zero-order chi connectivity index (χ0) is 17.6. The second-order valence-electron chi connectivity index (χ2n) is 5.22. The van der Waals surface area contributed by atoms with Crippen LogP contribution in [0.15, 0.2) is 69.3 Å². The number of rotatable bonds is 6. The van der Waals surface area contributed by atoms with Gasteiger partial charge in [0.25, 0.3) is 5.56 Å². The molecule has 0 aliphatic rings. The number of aromatic amines is 1. The number of hydrogen-bond acceptors (Lipinski definition) is 4. The van der Waals surface area contributed by atoms with Crippen LogP contribution in [0.1, 0.15) is 11.1 Å². The molecule has 0 saturated heterocycles. The topological polar surface area (TPSA) is 45.8 Å². The third kappa shape index (κ3) is 5.28. The van der Waals surface area contributed by atoms with E-state index in [1.165, 1.54) is 11.8 Å². The van der Waals surface area contributed by atoms with Gasteiger partial charge in [0.05, 0.1) is 11.1 Å². The lowest BCUT2D eigenvalue weighted by Crippen LogP contribution is -2.11. The Morgan fingerprint density at radius 2 is 1.36 bits per heavy atom. The summed E-state index contributed by atoms with van der Waals surface area (Å²) in [5.41, 5.74) is 2.09. The minimum atomic E-state index is -0.167. The quantitative estimate of drug-likeness (QED) is 0.534. The maximum Gasteiger partial charge on any atom is 0.278 e. The minimum Gasteiger partial charge on any atom is -0.267 e. The van der Waals surface area contributed by atoms with Crippen LogP contribution in [-0.4, -0.2) is 10.2 Å². The predicted octanol–water partition coefficient (Wildman–Crippen LogP) is 5.66. The highest BCUT2D eigenvalue weighted by Gasteiger charge is 2.10. The Bertz CT molecular complexity index is 896. The third-order valence-electron chi connectivity index (χ3n) is 3.38. The summed E-state index contributed by atoms with van der Waals surface area (Å²) in [5, 5.41) is 7.86. The molecule has 0 unspecified atom stereocenters. The van der Waals surface area contributed by atoms with Gasteiger partial charge in [-0.1, -0.05) is 47.5 Å². The van der Waals surface area contributed by atoms with Gasteiger partial charge in [0.15, 0.2) is 0 Å². The molecule has 1 N–H and O–H groups in total. The van der Waals surface area contributed by atoms with Gasteiger partial charge in [0, 0.05) is 26.4 Å². The Morgan fingerprint density at radius 3 is 1.92 bits per heavy atom. The van der Waals surface area contributed by atoms with Gasteiger partial charge in [-0.15, -0.1) is 23.5 Å². The van der Waals surface area contributed by atoms with Gasteiger partial charge in [-0.05, 0) is 35.4 Å². The van der Waals surface area contributed by atoms with E-state index in [9.17, 15) is 4.79 Å². The number of nitrogens with one attached hydrogen (secondary N) is 1. The molecule has 0 saturated carbocycles. The molecule has 0 bridgehead atoms. The maximum atomic E-state index is 12.2. The molecule has 0 aliphatic carbocycles. The summed E-state index contributed by atoms with van der Waals surface area (Å²) in [5.74, 6) is 1.44. The number of thioether (sulfide) groups is 2. The average Bonchev–Trinajstić information content (AvgIpc) is 2.62. The fourth-order valence-corrected chi connectivity index (χ4v) is 4.43. The average molecular weight is 409 g/mol. The molecule has 3 nitrogen and oxygen atoms in total. The van der Waals surface area contributed by atoms with Crippen molar-refractivity contribution in [1.82, 2.24) is 10.2 Å². The van der Waals surface area contributed by atoms with E-state index in [-0.39, 0.29) is 5.56 Å². The Kier molecular flexibility index (Phi) is 6.48. The molecule has 1 heterocycles. The highest BCUT2D eigenvalue weighted by Crippen LogP contribution is 2.31. The van der Waals surface area contributed by atoms with Crippen LogP contribution in [-0.2, 0) is 11.5 Å². The molecule has 1 aromatic heterocycles. The normalized spacial score (nSPS) is 10.8. The molecule has 128 valence electrons. The monoisotopic (exact) mass is 408 g/mol. The van der Waals surface area contributed by atoms with Crippen molar-refractivity contribution in [2.24, 2.45) is 0 Å².